The summed E-state index contributed by atoms with van der Waals surface area (Å²) in [6.45, 7) is 2.78. The van der Waals surface area contributed by atoms with Gasteiger partial charge in [0.25, 0.3) is 5.91 Å². The van der Waals surface area contributed by atoms with Crippen LogP contribution in [0.1, 0.15) is 59.4 Å². The summed E-state index contributed by atoms with van der Waals surface area (Å²) >= 11 is 0. The molecule has 0 saturated heterocycles. The Bertz CT molecular complexity index is 767. The lowest BCUT2D eigenvalue weighted by molar-refractivity contribution is 0.0947. The van der Waals surface area contributed by atoms with Crippen molar-refractivity contribution in [2.75, 3.05) is 24.5 Å². The average molecular weight is 352 g/mol. The first kappa shape index (κ1) is 17.1. The maximum absolute atomic E-state index is 12.5. The number of H-pyrrole nitrogens is 1. The van der Waals surface area contributed by atoms with Crippen molar-refractivity contribution in [2.24, 2.45) is 0 Å². The van der Waals surface area contributed by atoms with Gasteiger partial charge in [-0.25, -0.2) is 0 Å². The highest BCUT2D eigenvalue weighted by atomic mass is 16.1. The molecule has 1 aliphatic carbocycles. The quantitative estimate of drug-likeness (QED) is 0.641. The van der Waals surface area contributed by atoms with Gasteiger partial charge in [0.2, 0.25) is 0 Å². The highest BCUT2D eigenvalue weighted by molar-refractivity contribution is 5.94. The minimum absolute atomic E-state index is 0.0246. The predicted octanol–water partition coefficient (Wildman–Crippen LogP) is 3.25. The summed E-state index contributed by atoms with van der Waals surface area (Å²) in [5.41, 5.74) is 5.73. The number of hydrogen-bond acceptors (Lipinski definition) is 3. The van der Waals surface area contributed by atoms with Crippen LogP contribution in [0, 0.1) is 0 Å². The van der Waals surface area contributed by atoms with E-state index in [1.165, 1.54) is 36.9 Å². The molecule has 5 heteroatoms. The van der Waals surface area contributed by atoms with E-state index in [-0.39, 0.29) is 5.91 Å². The Kier molecular flexibility index (Phi) is 5.23. The first-order valence-electron chi connectivity index (χ1n) is 10.00. The molecular weight excluding hydrogens is 324 g/mol. The molecule has 0 bridgehead atoms. The zero-order chi connectivity index (χ0) is 17.8. The normalized spacial score (nSPS) is 16.5. The fraction of sp³-hybridized carbons (Fsp3) is 0.524. The maximum Gasteiger partial charge on any atom is 0.272 e. The molecule has 138 valence electrons. The van der Waals surface area contributed by atoms with Crippen molar-refractivity contribution in [3.8, 4) is 0 Å². The van der Waals surface area contributed by atoms with Crippen molar-refractivity contribution in [1.29, 1.82) is 0 Å². The fourth-order valence-electron chi connectivity index (χ4n) is 4.24. The molecule has 0 atom stereocenters. The first-order chi connectivity index (χ1) is 12.8. The monoisotopic (exact) mass is 352 g/mol. The number of fused-ring (bicyclic) bond motifs is 2. The first-order valence-corrected chi connectivity index (χ1v) is 10.00. The van der Waals surface area contributed by atoms with Crippen LogP contribution >= 0.6 is 0 Å². The van der Waals surface area contributed by atoms with Crippen LogP contribution in [-0.2, 0) is 19.3 Å². The van der Waals surface area contributed by atoms with Gasteiger partial charge in [-0.2, -0.15) is 5.10 Å². The molecule has 1 aromatic heterocycles. The Labute approximate surface area is 155 Å². The van der Waals surface area contributed by atoms with Gasteiger partial charge in [0.1, 0.15) is 0 Å². The minimum Gasteiger partial charge on any atom is -0.371 e. The molecule has 0 unspecified atom stereocenters. The Hall–Kier alpha value is -2.30. The number of aromatic amines is 1. The molecule has 1 aromatic carbocycles. The van der Waals surface area contributed by atoms with Crippen molar-refractivity contribution >= 4 is 11.6 Å². The zero-order valence-corrected chi connectivity index (χ0v) is 15.4. The van der Waals surface area contributed by atoms with Gasteiger partial charge in [0, 0.05) is 36.6 Å². The number of nitrogens with zero attached hydrogens (tertiary/aromatic N) is 2. The van der Waals surface area contributed by atoms with Crippen molar-refractivity contribution < 1.29 is 4.79 Å². The van der Waals surface area contributed by atoms with Crippen LogP contribution in [0.3, 0.4) is 0 Å². The van der Waals surface area contributed by atoms with Crippen LogP contribution in [0.4, 0.5) is 5.69 Å². The van der Waals surface area contributed by atoms with Crippen LogP contribution in [0.2, 0.25) is 0 Å². The fourth-order valence-corrected chi connectivity index (χ4v) is 4.24. The number of nitrogens with one attached hydrogen (secondary N) is 2. The third-order valence-corrected chi connectivity index (χ3v) is 5.62. The van der Waals surface area contributed by atoms with E-state index < -0.39 is 0 Å². The number of aryl methyl sites for hydroxylation is 2. The molecule has 4 rings (SSSR count). The third-order valence-electron chi connectivity index (χ3n) is 5.62. The number of para-hydroxylation sites is 1. The lowest BCUT2D eigenvalue weighted by Gasteiger charge is -2.31. The van der Waals surface area contributed by atoms with Gasteiger partial charge in [-0.15, -0.1) is 0 Å². The number of carbonyl (C=O) groups excluding carboxylic acids is 1. The summed E-state index contributed by atoms with van der Waals surface area (Å²) in [6.07, 6.45) is 8.90. The van der Waals surface area contributed by atoms with Gasteiger partial charge in [-0.3, -0.25) is 9.89 Å². The molecule has 0 radical (unpaired) electrons. The number of anilines is 1. The Morgan fingerprint density at radius 3 is 2.96 bits per heavy atom. The standard InChI is InChI=1S/C21H28N4O/c26-21(20-17-10-2-1-3-11-18(17)23-24-20)22-13-7-15-25-14-6-9-16-8-4-5-12-19(16)25/h4-5,8,12H,1-3,6-7,9-11,13-15H2,(H,22,26)(H,23,24). The van der Waals surface area contributed by atoms with Crippen molar-refractivity contribution in [1.82, 2.24) is 15.5 Å². The number of aromatic nitrogens is 2. The van der Waals surface area contributed by atoms with Gasteiger partial charge >= 0.3 is 0 Å². The van der Waals surface area contributed by atoms with Crippen LogP contribution in [0.25, 0.3) is 0 Å². The van der Waals surface area contributed by atoms with Gasteiger partial charge in [-0.1, -0.05) is 24.6 Å². The van der Waals surface area contributed by atoms with E-state index in [4.69, 9.17) is 0 Å². The molecule has 2 aromatic rings. The maximum atomic E-state index is 12.5. The lowest BCUT2D eigenvalue weighted by atomic mass is 10.0. The van der Waals surface area contributed by atoms with Gasteiger partial charge in [-0.05, 0) is 56.6 Å². The summed E-state index contributed by atoms with van der Waals surface area (Å²) in [7, 11) is 0. The smallest absolute Gasteiger partial charge is 0.272 e. The summed E-state index contributed by atoms with van der Waals surface area (Å²) in [4.78, 5) is 15.0. The van der Waals surface area contributed by atoms with Crippen LogP contribution in [0.5, 0.6) is 0 Å². The topological polar surface area (TPSA) is 61.0 Å². The number of amides is 1. The average Bonchev–Trinajstić information content (AvgIpc) is 2.93. The number of carbonyl (C=O) groups is 1. The van der Waals surface area contributed by atoms with Crippen molar-refractivity contribution in [3.05, 3.63) is 46.8 Å². The molecule has 2 heterocycles. The van der Waals surface area contributed by atoms with Gasteiger partial charge in [0.05, 0.1) is 0 Å². The zero-order valence-electron chi connectivity index (χ0n) is 15.4. The third kappa shape index (κ3) is 3.62. The molecule has 1 aliphatic heterocycles. The van der Waals surface area contributed by atoms with Gasteiger partial charge < -0.3 is 10.2 Å². The lowest BCUT2D eigenvalue weighted by Crippen LogP contribution is -2.33. The summed E-state index contributed by atoms with van der Waals surface area (Å²) in [5.74, 6) is -0.0246. The van der Waals surface area contributed by atoms with E-state index in [1.807, 2.05) is 0 Å². The molecule has 0 fully saturated rings. The van der Waals surface area contributed by atoms with E-state index in [9.17, 15) is 4.79 Å². The molecule has 2 aliphatic rings. The summed E-state index contributed by atoms with van der Waals surface area (Å²) < 4.78 is 0. The SMILES string of the molecule is O=C(NCCCN1CCCc2ccccc21)c1n[nH]c2c1CCCCC2. The second-order valence-electron chi connectivity index (χ2n) is 7.42. The van der Waals surface area contributed by atoms with Crippen LogP contribution in [0.15, 0.2) is 24.3 Å². The summed E-state index contributed by atoms with van der Waals surface area (Å²) in [6, 6.07) is 8.68. The Morgan fingerprint density at radius 1 is 1.12 bits per heavy atom. The minimum atomic E-state index is -0.0246. The predicted molar refractivity (Wildman–Crippen MR) is 104 cm³/mol. The number of rotatable bonds is 5. The number of hydrogen-bond donors (Lipinski definition) is 2. The molecule has 1 amide bonds. The largest absolute Gasteiger partial charge is 0.371 e. The Balaban J connectivity index is 1.29. The van der Waals surface area contributed by atoms with Crippen molar-refractivity contribution in [3.63, 3.8) is 0 Å². The van der Waals surface area contributed by atoms with Crippen LogP contribution < -0.4 is 10.2 Å². The summed E-state index contributed by atoms with van der Waals surface area (Å²) in [5, 5.41) is 10.4. The van der Waals surface area contributed by atoms with Crippen LogP contribution in [-0.4, -0.2) is 35.7 Å². The van der Waals surface area contributed by atoms with E-state index in [2.05, 4.69) is 44.7 Å². The molecule has 0 saturated carbocycles. The van der Waals surface area contributed by atoms with Gasteiger partial charge in [0.15, 0.2) is 5.69 Å². The van der Waals surface area contributed by atoms with E-state index in [1.54, 1.807) is 0 Å². The molecule has 5 nitrogen and oxygen atoms in total. The Morgan fingerprint density at radius 2 is 2.00 bits per heavy atom. The van der Waals surface area contributed by atoms with Crippen molar-refractivity contribution in [2.45, 2.75) is 51.4 Å². The highest BCUT2D eigenvalue weighted by Gasteiger charge is 2.21. The van der Waals surface area contributed by atoms with E-state index in [0.717, 1.165) is 50.0 Å². The van der Waals surface area contributed by atoms with E-state index in [0.29, 0.717) is 12.2 Å². The molecule has 2 N–H and O–H groups in total. The van der Waals surface area contributed by atoms with E-state index >= 15 is 0 Å². The molecule has 26 heavy (non-hydrogen) atoms. The number of benzene rings is 1. The molecule has 0 spiro atoms. The second kappa shape index (κ2) is 7.94. The second-order valence-corrected chi connectivity index (χ2v) is 7.42. The highest BCUT2D eigenvalue weighted by Crippen LogP contribution is 2.26. The molecular formula is C21H28N4O.